The molecule has 2 amide bonds. The zero-order valence-corrected chi connectivity index (χ0v) is 14.4. The highest BCUT2D eigenvalue weighted by Gasteiger charge is 2.20. The van der Waals surface area contributed by atoms with Crippen LogP contribution in [0.3, 0.4) is 0 Å². The highest BCUT2D eigenvalue weighted by molar-refractivity contribution is 5.73. The van der Waals surface area contributed by atoms with Crippen LogP contribution in [-0.4, -0.2) is 37.9 Å². The molecule has 128 valence electrons. The molecule has 5 nitrogen and oxygen atoms in total. The minimum absolute atomic E-state index is 0.138. The van der Waals surface area contributed by atoms with E-state index in [1.165, 1.54) is 5.56 Å². The van der Waals surface area contributed by atoms with Gasteiger partial charge in [-0.1, -0.05) is 12.5 Å². The van der Waals surface area contributed by atoms with Crippen molar-refractivity contribution in [3.8, 4) is 0 Å². The number of nitrogens with one attached hydrogen (secondary N) is 2. The number of carbonyl (C=O) groups is 1. The largest absolute Gasteiger partial charge is 0.393 e. The van der Waals surface area contributed by atoms with Crippen LogP contribution in [0.2, 0.25) is 0 Å². The topological polar surface area (TPSA) is 64.6 Å². The zero-order valence-electron chi connectivity index (χ0n) is 14.4. The van der Waals surface area contributed by atoms with Gasteiger partial charge in [0.1, 0.15) is 0 Å². The van der Waals surface area contributed by atoms with Gasteiger partial charge in [-0.3, -0.25) is 0 Å². The number of hydrogen-bond donors (Lipinski definition) is 3. The lowest BCUT2D eigenvalue weighted by molar-refractivity contribution is 0.101. The zero-order chi connectivity index (χ0) is 16.8. The van der Waals surface area contributed by atoms with Gasteiger partial charge in [0.2, 0.25) is 0 Å². The third-order valence-corrected chi connectivity index (χ3v) is 4.59. The van der Waals surface area contributed by atoms with E-state index < -0.39 is 0 Å². The van der Waals surface area contributed by atoms with Crippen LogP contribution in [0, 0.1) is 12.8 Å². The Bertz CT molecular complexity index is 531. The first-order valence-corrected chi connectivity index (χ1v) is 8.42. The Morgan fingerprint density at radius 1 is 1.30 bits per heavy atom. The Morgan fingerprint density at radius 3 is 2.74 bits per heavy atom. The van der Waals surface area contributed by atoms with Crippen molar-refractivity contribution in [1.29, 1.82) is 0 Å². The Morgan fingerprint density at radius 2 is 2.09 bits per heavy atom. The maximum Gasteiger partial charge on any atom is 0.315 e. The third kappa shape index (κ3) is 5.43. The summed E-state index contributed by atoms with van der Waals surface area (Å²) in [6.07, 6.45) is 3.63. The highest BCUT2D eigenvalue weighted by atomic mass is 16.3. The number of urea groups is 1. The molecular formula is C18H29N3O2. The molecule has 1 aromatic rings. The molecule has 0 aromatic heterocycles. The van der Waals surface area contributed by atoms with Gasteiger partial charge in [0.15, 0.2) is 0 Å². The lowest BCUT2D eigenvalue weighted by Crippen LogP contribution is -2.39. The fourth-order valence-corrected chi connectivity index (χ4v) is 3.08. The van der Waals surface area contributed by atoms with E-state index in [1.54, 1.807) is 0 Å². The molecule has 0 spiro atoms. The van der Waals surface area contributed by atoms with Gasteiger partial charge in [-0.15, -0.1) is 0 Å². The van der Waals surface area contributed by atoms with Crippen molar-refractivity contribution in [3.05, 3.63) is 29.3 Å². The van der Waals surface area contributed by atoms with Crippen molar-refractivity contribution in [3.63, 3.8) is 0 Å². The number of aliphatic hydroxyl groups excluding tert-OH is 1. The number of anilines is 1. The lowest BCUT2D eigenvalue weighted by Gasteiger charge is -2.25. The first-order chi connectivity index (χ1) is 11.0. The molecule has 2 unspecified atom stereocenters. The van der Waals surface area contributed by atoms with Gasteiger partial charge in [-0.05, 0) is 55.4 Å². The van der Waals surface area contributed by atoms with Gasteiger partial charge < -0.3 is 20.6 Å². The summed E-state index contributed by atoms with van der Waals surface area (Å²) in [6.45, 7) is 3.23. The summed E-state index contributed by atoms with van der Waals surface area (Å²) in [7, 11) is 4.03. The second kappa shape index (κ2) is 8.20. The monoisotopic (exact) mass is 319 g/mol. The van der Waals surface area contributed by atoms with Crippen LogP contribution >= 0.6 is 0 Å². The molecule has 2 rings (SSSR count). The number of hydrogen-bond acceptors (Lipinski definition) is 3. The maximum atomic E-state index is 11.9. The summed E-state index contributed by atoms with van der Waals surface area (Å²) in [5.74, 6) is 0.394. The summed E-state index contributed by atoms with van der Waals surface area (Å²) in [5, 5.41) is 15.5. The molecule has 1 aromatic carbocycles. The van der Waals surface area contributed by atoms with Crippen LogP contribution in [0.25, 0.3) is 0 Å². The van der Waals surface area contributed by atoms with Crippen molar-refractivity contribution < 1.29 is 9.90 Å². The SMILES string of the molecule is Cc1cc(N(C)C)ccc1CNC(=O)NCC1CCCC(O)C1. The summed E-state index contributed by atoms with van der Waals surface area (Å²) in [6, 6.07) is 6.10. The van der Waals surface area contributed by atoms with Gasteiger partial charge in [-0.2, -0.15) is 0 Å². The average molecular weight is 319 g/mol. The number of carbonyl (C=O) groups excluding carboxylic acids is 1. The molecule has 0 saturated heterocycles. The van der Waals surface area contributed by atoms with E-state index in [-0.39, 0.29) is 12.1 Å². The maximum absolute atomic E-state index is 11.9. The van der Waals surface area contributed by atoms with Crippen molar-refractivity contribution in [2.45, 2.75) is 45.3 Å². The number of nitrogens with zero attached hydrogens (tertiary/aromatic N) is 1. The Labute approximate surface area is 139 Å². The van der Waals surface area contributed by atoms with Crippen molar-refractivity contribution in [1.82, 2.24) is 10.6 Å². The Hall–Kier alpha value is -1.75. The predicted octanol–water partition coefficient (Wildman–Crippen LogP) is 2.41. The molecule has 1 fully saturated rings. The fraction of sp³-hybridized carbons (Fsp3) is 0.611. The van der Waals surface area contributed by atoms with Crippen molar-refractivity contribution in [2.75, 3.05) is 25.5 Å². The van der Waals surface area contributed by atoms with Crippen molar-refractivity contribution in [2.24, 2.45) is 5.92 Å². The van der Waals surface area contributed by atoms with Crippen LogP contribution in [0.5, 0.6) is 0 Å². The Balaban J connectivity index is 1.76. The highest BCUT2D eigenvalue weighted by Crippen LogP contribution is 2.23. The van der Waals surface area contributed by atoms with E-state index in [2.05, 4.69) is 40.7 Å². The fourth-order valence-electron chi connectivity index (χ4n) is 3.08. The molecule has 0 radical (unpaired) electrons. The van der Waals surface area contributed by atoms with E-state index in [4.69, 9.17) is 0 Å². The van der Waals surface area contributed by atoms with Crippen molar-refractivity contribution >= 4 is 11.7 Å². The summed E-state index contributed by atoms with van der Waals surface area (Å²) < 4.78 is 0. The minimum Gasteiger partial charge on any atom is -0.393 e. The number of aryl methyl sites for hydroxylation is 1. The van der Waals surface area contributed by atoms with E-state index in [0.29, 0.717) is 19.0 Å². The van der Waals surface area contributed by atoms with E-state index in [9.17, 15) is 9.90 Å². The van der Waals surface area contributed by atoms with Gasteiger partial charge >= 0.3 is 6.03 Å². The number of amides is 2. The van der Waals surface area contributed by atoms with Gasteiger partial charge in [-0.25, -0.2) is 4.79 Å². The predicted molar refractivity (Wildman–Crippen MR) is 93.7 cm³/mol. The number of aliphatic hydroxyl groups is 1. The molecule has 1 aliphatic carbocycles. The molecule has 2 atom stereocenters. The minimum atomic E-state index is -0.198. The molecule has 1 saturated carbocycles. The molecule has 1 aliphatic rings. The smallest absolute Gasteiger partial charge is 0.315 e. The lowest BCUT2D eigenvalue weighted by atomic mass is 9.87. The number of benzene rings is 1. The molecule has 23 heavy (non-hydrogen) atoms. The molecule has 0 bridgehead atoms. The number of rotatable bonds is 5. The van der Waals surface area contributed by atoms with Gasteiger partial charge in [0, 0.05) is 32.9 Å². The molecular weight excluding hydrogens is 290 g/mol. The second-order valence-corrected chi connectivity index (χ2v) is 6.76. The van der Waals surface area contributed by atoms with E-state index in [0.717, 1.165) is 36.9 Å². The average Bonchev–Trinajstić information content (AvgIpc) is 2.51. The van der Waals surface area contributed by atoms with E-state index in [1.807, 2.05) is 14.1 Å². The molecule has 5 heteroatoms. The van der Waals surface area contributed by atoms with Crippen LogP contribution in [0.4, 0.5) is 10.5 Å². The second-order valence-electron chi connectivity index (χ2n) is 6.76. The third-order valence-electron chi connectivity index (χ3n) is 4.59. The van der Waals surface area contributed by atoms with E-state index >= 15 is 0 Å². The van der Waals surface area contributed by atoms with Crippen LogP contribution < -0.4 is 15.5 Å². The standard InChI is InChI=1S/C18H29N3O2/c1-13-9-16(21(2)3)8-7-15(13)12-20-18(23)19-11-14-5-4-6-17(22)10-14/h7-9,14,17,22H,4-6,10-12H2,1-3H3,(H2,19,20,23). The van der Waals surface area contributed by atoms with Gasteiger partial charge in [0.25, 0.3) is 0 Å². The molecule has 3 N–H and O–H groups in total. The first-order valence-electron chi connectivity index (χ1n) is 8.42. The normalized spacial score (nSPS) is 20.9. The van der Waals surface area contributed by atoms with Crippen LogP contribution in [-0.2, 0) is 6.54 Å². The Kier molecular flexibility index (Phi) is 6.28. The summed E-state index contributed by atoms with van der Waals surface area (Å²) in [5.41, 5.74) is 3.46. The van der Waals surface area contributed by atoms with Crippen LogP contribution in [0.15, 0.2) is 18.2 Å². The first kappa shape index (κ1) is 17.6. The summed E-state index contributed by atoms with van der Waals surface area (Å²) >= 11 is 0. The summed E-state index contributed by atoms with van der Waals surface area (Å²) in [4.78, 5) is 14.0. The van der Waals surface area contributed by atoms with Gasteiger partial charge in [0.05, 0.1) is 6.10 Å². The molecule has 0 heterocycles. The van der Waals surface area contributed by atoms with Crippen LogP contribution in [0.1, 0.15) is 36.8 Å². The molecule has 0 aliphatic heterocycles. The quantitative estimate of drug-likeness (QED) is 0.781.